The number of rotatable bonds is 8. The molecule has 3 N–H and O–H groups in total. The number of hydrogen-bond acceptors (Lipinski definition) is 2. The highest BCUT2D eigenvalue weighted by atomic mass is 14.8. The summed E-state index contributed by atoms with van der Waals surface area (Å²) in [7, 11) is 0. The molecule has 2 nitrogen and oxygen atoms in total. The van der Waals surface area contributed by atoms with Gasteiger partial charge in [0.25, 0.3) is 0 Å². The van der Waals surface area contributed by atoms with Gasteiger partial charge in [0, 0.05) is 0 Å². The summed E-state index contributed by atoms with van der Waals surface area (Å²) in [5.41, 5.74) is 8.80. The first-order valence-electron chi connectivity index (χ1n) is 7.06. The van der Waals surface area contributed by atoms with Crippen molar-refractivity contribution in [2.75, 3.05) is 19.6 Å². The van der Waals surface area contributed by atoms with Crippen molar-refractivity contribution in [1.29, 1.82) is 0 Å². The molecule has 0 amide bonds. The highest BCUT2D eigenvalue weighted by Gasteiger charge is 2.13. The van der Waals surface area contributed by atoms with E-state index in [-0.39, 0.29) is 5.41 Å². The van der Waals surface area contributed by atoms with Crippen molar-refractivity contribution in [1.82, 2.24) is 5.32 Å². The topological polar surface area (TPSA) is 38.0 Å². The molecule has 0 heterocycles. The number of nitrogens with two attached hydrogens (primary N) is 1. The Hall–Kier alpha value is -0.860. The minimum atomic E-state index is 0.260. The van der Waals surface area contributed by atoms with Crippen molar-refractivity contribution in [3.63, 3.8) is 0 Å². The van der Waals surface area contributed by atoms with Gasteiger partial charge in [-0.1, -0.05) is 45.0 Å². The fourth-order valence-electron chi connectivity index (χ4n) is 1.83. The van der Waals surface area contributed by atoms with Crippen LogP contribution in [0.4, 0.5) is 0 Å². The molecule has 0 unspecified atom stereocenters. The van der Waals surface area contributed by atoms with E-state index >= 15 is 0 Å². The van der Waals surface area contributed by atoms with E-state index in [9.17, 15) is 0 Å². The van der Waals surface area contributed by atoms with E-state index in [4.69, 9.17) is 5.73 Å². The van der Waals surface area contributed by atoms with E-state index in [1.54, 1.807) is 0 Å². The number of nitrogens with one attached hydrogen (secondary N) is 1. The number of aryl methyl sites for hydroxylation is 1. The van der Waals surface area contributed by atoms with Crippen molar-refractivity contribution in [2.45, 2.75) is 40.0 Å². The predicted molar refractivity (Wildman–Crippen MR) is 79.8 cm³/mol. The van der Waals surface area contributed by atoms with Crippen LogP contribution in [-0.2, 0) is 12.8 Å². The van der Waals surface area contributed by atoms with Gasteiger partial charge < -0.3 is 11.1 Å². The normalized spacial score (nSPS) is 11.8. The van der Waals surface area contributed by atoms with Crippen LogP contribution in [-0.4, -0.2) is 19.6 Å². The molecule has 2 heteroatoms. The molecule has 0 saturated heterocycles. The van der Waals surface area contributed by atoms with Gasteiger partial charge in [-0.25, -0.2) is 0 Å². The second-order valence-electron chi connectivity index (χ2n) is 5.79. The Kier molecular flexibility index (Phi) is 6.37. The minimum absolute atomic E-state index is 0.260. The minimum Gasteiger partial charge on any atom is -0.330 e. The third-order valence-corrected chi connectivity index (χ3v) is 3.55. The molecular formula is C16H28N2. The molecular weight excluding hydrogens is 220 g/mol. The molecule has 18 heavy (non-hydrogen) atoms. The summed E-state index contributed by atoms with van der Waals surface area (Å²) < 4.78 is 0. The smallest absolute Gasteiger partial charge is 0.000835 e. The third kappa shape index (κ3) is 5.65. The van der Waals surface area contributed by atoms with Gasteiger partial charge in [0.05, 0.1) is 0 Å². The quantitative estimate of drug-likeness (QED) is 0.694. The fourth-order valence-corrected chi connectivity index (χ4v) is 1.83. The molecule has 1 aromatic carbocycles. The summed E-state index contributed by atoms with van der Waals surface area (Å²) >= 11 is 0. The number of hydrogen-bond donors (Lipinski definition) is 2. The first-order chi connectivity index (χ1) is 8.57. The molecule has 0 spiro atoms. The highest BCUT2D eigenvalue weighted by Crippen LogP contribution is 2.16. The summed E-state index contributed by atoms with van der Waals surface area (Å²) in [6.07, 6.45) is 3.36. The zero-order chi connectivity index (χ0) is 13.4. The molecule has 0 bridgehead atoms. The maximum Gasteiger partial charge on any atom is -0.000835 e. The van der Waals surface area contributed by atoms with Gasteiger partial charge in [0.1, 0.15) is 0 Å². The zero-order valence-corrected chi connectivity index (χ0v) is 12.1. The summed E-state index contributed by atoms with van der Waals surface area (Å²) in [5, 5.41) is 3.50. The van der Waals surface area contributed by atoms with Crippen molar-refractivity contribution in [2.24, 2.45) is 11.1 Å². The lowest BCUT2D eigenvalue weighted by Gasteiger charge is -2.22. The predicted octanol–water partition coefficient (Wildman–Crippen LogP) is 2.76. The van der Waals surface area contributed by atoms with Crippen LogP contribution in [0, 0.1) is 5.41 Å². The fraction of sp³-hybridized carbons (Fsp3) is 0.625. The molecule has 0 aliphatic carbocycles. The molecule has 0 saturated carbocycles. The molecule has 0 aliphatic rings. The Morgan fingerprint density at radius 3 is 2.22 bits per heavy atom. The largest absolute Gasteiger partial charge is 0.330 e. The van der Waals surface area contributed by atoms with E-state index in [1.807, 2.05) is 0 Å². The highest BCUT2D eigenvalue weighted by molar-refractivity contribution is 5.22. The summed E-state index contributed by atoms with van der Waals surface area (Å²) in [6, 6.07) is 8.94. The van der Waals surface area contributed by atoms with Crippen molar-refractivity contribution in [3.05, 3.63) is 35.4 Å². The van der Waals surface area contributed by atoms with Crippen LogP contribution in [0.1, 0.15) is 38.3 Å². The number of benzene rings is 1. The maximum atomic E-state index is 5.71. The van der Waals surface area contributed by atoms with Gasteiger partial charge in [-0.3, -0.25) is 0 Å². The second kappa shape index (κ2) is 7.55. The molecule has 0 aromatic heterocycles. The van der Waals surface area contributed by atoms with E-state index in [0.717, 1.165) is 38.9 Å². The van der Waals surface area contributed by atoms with E-state index < -0.39 is 0 Å². The van der Waals surface area contributed by atoms with Crippen molar-refractivity contribution >= 4 is 0 Å². The SMILES string of the molecule is CCc1ccc(CCNCCC(C)(C)CN)cc1. The van der Waals surface area contributed by atoms with Gasteiger partial charge >= 0.3 is 0 Å². The van der Waals surface area contributed by atoms with Crippen LogP contribution in [0.3, 0.4) is 0 Å². The van der Waals surface area contributed by atoms with Crippen molar-refractivity contribution < 1.29 is 0 Å². The summed E-state index contributed by atoms with van der Waals surface area (Å²) in [5.74, 6) is 0. The molecule has 102 valence electrons. The van der Waals surface area contributed by atoms with E-state index in [0.29, 0.717) is 0 Å². The van der Waals surface area contributed by atoms with Gasteiger partial charge in [-0.2, -0.15) is 0 Å². The first kappa shape index (κ1) is 15.2. The molecule has 0 radical (unpaired) electrons. The van der Waals surface area contributed by atoms with Crippen LogP contribution >= 0.6 is 0 Å². The Bertz CT molecular complexity index is 327. The van der Waals surface area contributed by atoms with E-state index in [2.05, 4.69) is 50.4 Å². The average Bonchev–Trinajstić information content (AvgIpc) is 2.39. The molecule has 1 aromatic rings. The standard InChI is InChI=1S/C16H28N2/c1-4-14-5-7-15(8-6-14)9-11-18-12-10-16(2,3)13-17/h5-8,18H,4,9-13,17H2,1-3H3. The summed E-state index contributed by atoms with van der Waals surface area (Å²) in [4.78, 5) is 0. The molecule has 0 atom stereocenters. The lowest BCUT2D eigenvalue weighted by atomic mass is 9.90. The van der Waals surface area contributed by atoms with Gasteiger partial charge in [-0.15, -0.1) is 0 Å². The lowest BCUT2D eigenvalue weighted by molar-refractivity contribution is 0.340. The average molecular weight is 248 g/mol. The monoisotopic (exact) mass is 248 g/mol. The van der Waals surface area contributed by atoms with Crippen LogP contribution in [0.25, 0.3) is 0 Å². The van der Waals surface area contributed by atoms with Gasteiger partial charge in [0.2, 0.25) is 0 Å². The van der Waals surface area contributed by atoms with Crippen LogP contribution in [0.5, 0.6) is 0 Å². The molecule has 1 rings (SSSR count). The third-order valence-electron chi connectivity index (χ3n) is 3.55. The maximum absolute atomic E-state index is 5.71. The van der Waals surface area contributed by atoms with Crippen molar-refractivity contribution in [3.8, 4) is 0 Å². The molecule has 0 aliphatic heterocycles. The van der Waals surface area contributed by atoms with Gasteiger partial charge in [-0.05, 0) is 55.4 Å². The Morgan fingerprint density at radius 1 is 1.06 bits per heavy atom. The lowest BCUT2D eigenvalue weighted by Crippen LogP contribution is -2.29. The molecule has 0 fully saturated rings. The van der Waals surface area contributed by atoms with Crippen LogP contribution in [0.2, 0.25) is 0 Å². The second-order valence-corrected chi connectivity index (χ2v) is 5.79. The Morgan fingerprint density at radius 2 is 1.67 bits per heavy atom. The summed E-state index contributed by atoms with van der Waals surface area (Å²) in [6.45, 7) is 9.49. The zero-order valence-electron chi connectivity index (χ0n) is 12.1. The Labute approximate surface area is 112 Å². The first-order valence-corrected chi connectivity index (χ1v) is 7.06. The van der Waals surface area contributed by atoms with Crippen LogP contribution in [0.15, 0.2) is 24.3 Å². The van der Waals surface area contributed by atoms with E-state index in [1.165, 1.54) is 11.1 Å². The van der Waals surface area contributed by atoms with Crippen LogP contribution < -0.4 is 11.1 Å². The van der Waals surface area contributed by atoms with Gasteiger partial charge in [0.15, 0.2) is 0 Å². The Balaban J connectivity index is 2.17.